The predicted molar refractivity (Wildman–Crippen MR) is 113 cm³/mol. The Bertz CT molecular complexity index is 1170. The molecule has 0 aliphatic heterocycles. The molecule has 146 valence electrons. The van der Waals surface area contributed by atoms with Gasteiger partial charge in [-0.3, -0.25) is 9.59 Å². The van der Waals surface area contributed by atoms with Crippen molar-refractivity contribution in [2.75, 3.05) is 12.3 Å². The van der Waals surface area contributed by atoms with Crippen molar-refractivity contribution in [2.45, 2.75) is 11.6 Å². The minimum absolute atomic E-state index is 0.106. The molecule has 1 amide bonds. The van der Waals surface area contributed by atoms with Gasteiger partial charge < -0.3 is 10.3 Å². The van der Waals surface area contributed by atoms with Crippen LogP contribution in [0.25, 0.3) is 16.7 Å². The van der Waals surface area contributed by atoms with Crippen LogP contribution in [-0.2, 0) is 11.2 Å². The number of hydrogen-bond donors (Lipinski definition) is 2. The fourth-order valence-corrected chi connectivity index (χ4v) is 3.59. The fourth-order valence-electron chi connectivity index (χ4n) is 2.90. The van der Waals surface area contributed by atoms with Gasteiger partial charge in [0.2, 0.25) is 5.91 Å². The number of carbonyl (C=O) groups is 1. The first-order valence-electron chi connectivity index (χ1n) is 9.17. The quantitative estimate of drug-likeness (QED) is 0.364. The molecule has 2 N–H and O–H groups in total. The number of para-hydroxylation sites is 1. The lowest BCUT2D eigenvalue weighted by atomic mass is 10.1. The summed E-state index contributed by atoms with van der Waals surface area (Å²) in [5, 5.41) is 7.96. The lowest BCUT2D eigenvalue weighted by Gasteiger charge is -2.06. The predicted octanol–water partition coefficient (Wildman–Crippen LogP) is 2.56. The van der Waals surface area contributed by atoms with Gasteiger partial charge in [-0.25, -0.2) is 9.67 Å². The zero-order valence-electron chi connectivity index (χ0n) is 15.5. The molecule has 29 heavy (non-hydrogen) atoms. The molecular formula is C21H19N5O2S. The van der Waals surface area contributed by atoms with E-state index in [0.717, 1.165) is 12.1 Å². The van der Waals surface area contributed by atoms with E-state index in [9.17, 15) is 9.59 Å². The maximum absolute atomic E-state index is 12.4. The van der Waals surface area contributed by atoms with Crippen LogP contribution in [0.2, 0.25) is 0 Å². The van der Waals surface area contributed by atoms with Crippen LogP contribution in [0.1, 0.15) is 5.56 Å². The summed E-state index contributed by atoms with van der Waals surface area (Å²) in [6.07, 6.45) is 2.27. The Kier molecular flexibility index (Phi) is 5.71. The van der Waals surface area contributed by atoms with Crippen molar-refractivity contribution >= 4 is 28.7 Å². The first kappa shape index (κ1) is 18.9. The van der Waals surface area contributed by atoms with Crippen LogP contribution < -0.4 is 10.9 Å². The molecule has 0 bridgehead atoms. The van der Waals surface area contributed by atoms with E-state index in [1.54, 1.807) is 4.68 Å². The molecule has 8 heteroatoms. The monoisotopic (exact) mass is 405 g/mol. The Morgan fingerprint density at radius 2 is 1.79 bits per heavy atom. The second-order valence-electron chi connectivity index (χ2n) is 6.37. The number of nitrogens with zero attached hydrogens (tertiary/aromatic N) is 3. The topological polar surface area (TPSA) is 92.7 Å². The Morgan fingerprint density at radius 3 is 2.55 bits per heavy atom. The number of carbonyl (C=O) groups excluding carboxylic acids is 1. The Labute approximate surface area is 171 Å². The van der Waals surface area contributed by atoms with Gasteiger partial charge in [0, 0.05) is 6.54 Å². The minimum Gasteiger partial charge on any atom is -0.355 e. The zero-order valence-corrected chi connectivity index (χ0v) is 16.4. The summed E-state index contributed by atoms with van der Waals surface area (Å²) in [4.78, 5) is 31.7. The summed E-state index contributed by atoms with van der Waals surface area (Å²) in [6, 6.07) is 19.5. The van der Waals surface area contributed by atoms with Crippen LogP contribution >= 0.6 is 11.8 Å². The van der Waals surface area contributed by atoms with E-state index in [4.69, 9.17) is 0 Å². The Morgan fingerprint density at radius 1 is 1.07 bits per heavy atom. The third kappa shape index (κ3) is 4.55. The fraction of sp³-hybridized carbons (Fsp3) is 0.143. The van der Waals surface area contributed by atoms with Crippen LogP contribution in [0.3, 0.4) is 0 Å². The number of rotatable bonds is 7. The number of amides is 1. The van der Waals surface area contributed by atoms with E-state index < -0.39 is 0 Å². The van der Waals surface area contributed by atoms with Gasteiger partial charge in [-0.15, -0.1) is 0 Å². The summed E-state index contributed by atoms with van der Waals surface area (Å²) in [5.41, 5.74) is 2.18. The number of benzene rings is 2. The molecule has 7 nitrogen and oxygen atoms in total. The van der Waals surface area contributed by atoms with Crippen LogP contribution in [0.5, 0.6) is 0 Å². The molecule has 2 heterocycles. The van der Waals surface area contributed by atoms with Crippen molar-refractivity contribution in [3.05, 3.63) is 82.8 Å². The molecule has 4 rings (SSSR count). The molecule has 0 saturated carbocycles. The number of aromatic amines is 1. The molecular weight excluding hydrogens is 386 g/mol. The number of aromatic nitrogens is 4. The maximum atomic E-state index is 12.4. The van der Waals surface area contributed by atoms with E-state index in [2.05, 4.69) is 20.4 Å². The van der Waals surface area contributed by atoms with Gasteiger partial charge in [-0.2, -0.15) is 5.10 Å². The molecule has 0 aliphatic rings. The highest BCUT2D eigenvalue weighted by molar-refractivity contribution is 7.99. The maximum Gasteiger partial charge on any atom is 0.262 e. The molecule has 0 saturated heterocycles. The zero-order chi connectivity index (χ0) is 20.1. The van der Waals surface area contributed by atoms with Crippen molar-refractivity contribution in [2.24, 2.45) is 0 Å². The van der Waals surface area contributed by atoms with E-state index in [1.807, 2.05) is 60.7 Å². The van der Waals surface area contributed by atoms with Gasteiger partial charge in [0.05, 0.1) is 17.6 Å². The summed E-state index contributed by atoms with van der Waals surface area (Å²) >= 11 is 1.19. The van der Waals surface area contributed by atoms with Crippen LogP contribution in [0.4, 0.5) is 0 Å². The number of thioether (sulfide) groups is 1. The number of fused-ring (bicyclic) bond motifs is 1. The molecule has 2 aromatic heterocycles. The summed E-state index contributed by atoms with van der Waals surface area (Å²) < 4.78 is 1.62. The molecule has 0 radical (unpaired) electrons. The SMILES string of the molecule is O=C(CSc1nc2c(cnn2-c2ccccc2)c(=O)[nH]1)NCCc1ccccc1. The van der Waals surface area contributed by atoms with Crippen molar-refractivity contribution in [1.82, 2.24) is 25.1 Å². The van der Waals surface area contributed by atoms with Gasteiger partial charge in [-0.05, 0) is 24.1 Å². The molecule has 2 aromatic carbocycles. The highest BCUT2D eigenvalue weighted by Crippen LogP contribution is 2.17. The standard InChI is InChI=1S/C21H19N5O2S/c27-18(22-12-11-15-7-3-1-4-8-15)14-29-21-24-19-17(20(28)25-21)13-23-26(19)16-9-5-2-6-10-16/h1-10,13H,11-12,14H2,(H,22,27)(H,24,25,28). The van der Waals surface area contributed by atoms with Crippen molar-refractivity contribution in [3.63, 3.8) is 0 Å². The normalized spacial score (nSPS) is 10.9. The van der Waals surface area contributed by atoms with Crippen LogP contribution in [0, 0.1) is 0 Å². The largest absolute Gasteiger partial charge is 0.355 e. The van der Waals surface area contributed by atoms with Crippen LogP contribution in [0.15, 0.2) is 76.8 Å². The smallest absolute Gasteiger partial charge is 0.262 e. The average Bonchev–Trinajstić information content (AvgIpc) is 3.18. The lowest BCUT2D eigenvalue weighted by molar-refractivity contribution is -0.118. The third-order valence-corrected chi connectivity index (χ3v) is 5.21. The molecule has 4 aromatic rings. The lowest BCUT2D eigenvalue weighted by Crippen LogP contribution is -2.27. The Balaban J connectivity index is 1.41. The van der Waals surface area contributed by atoms with Crippen LogP contribution in [-0.4, -0.2) is 38.0 Å². The van der Waals surface area contributed by atoms with Crippen molar-refractivity contribution < 1.29 is 4.79 Å². The van der Waals surface area contributed by atoms with Gasteiger partial charge in [0.25, 0.3) is 5.56 Å². The molecule has 0 aliphatic carbocycles. The van der Waals surface area contributed by atoms with Gasteiger partial charge in [-0.1, -0.05) is 60.3 Å². The van der Waals surface area contributed by atoms with Crippen molar-refractivity contribution in [1.29, 1.82) is 0 Å². The Hall–Kier alpha value is -3.39. The number of nitrogens with one attached hydrogen (secondary N) is 2. The van der Waals surface area contributed by atoms with Crippen molar-refractivity contribution in [3.8, 4) is 5.69 Å². The van der Waals surface area contributed by atoms with Gasteiger partial charge in [0.15, 0.2) is 10.8 Å². The molecule has 0 atom stereocenters. The molecule has 0 unspecified atom stereocenters. The van der Waals surface area contributed by atoms with E-state index >= 15 is 0 Å². The van der Waals surface area contributed by atoms with Gasteiger partial charge in [0.1, 0.15) is 5.39 Å². The van der Waals surface area contributed by atoms with E-state index in [-0.39, 0.29) is 17.2 Å². The summed E-state index contributed by atoms with van der Waals surface area (Å²) in [7, 11) is 0. The summed E-state index contributed by atoms with van der Waals surface area (Å²) in [5.74, 6) is 0.0631. The molecule has 0 fully saturated rings. The first-order valence-corrected chi connectivity index (χ1v) is 10.2. The number of H-pyrrole nitrogens is 1. The highest BCUT2D eigenvalue weighted by atomic mass is 32.2. The third-order valence-electron chi connectivity index (χ3n) is 4.34. The van der Waals surface area contributed by atoms with E-state index in [0.29, 0.717) is 22.7 Å². The van der Waals surface area contributed by atoms with E-state index in [1.165, 1.54) is 23.5 Å². The summed E-state index contributed by atoms with van der Waals surface area (Å²) in [6.45, 7) is 0.563. The highest BCUT2D eigenvalue weighted by Gasteiger charge is 2.12. The minimum atomic E-state index is -0.274. The second kappa shape index (κ2) is 8.74. The number of hydrogen-bond acceptors (Lipinski definition) is 5. The second-order valence-corrected chi connectivity index (χ2v) is 7.34. The average molecular weight is 405 g/mol. The molecule has 0 spiro atoms. The first-order chi connectivity index (χ1) is 14.2. The van der Waals surface area contributed by atoms with Gasteiger partial charge >= 0.3 is 0 Å².